The van der Waals surface area contributed by atoms with Crippen molar-refractivity contribution >= 4 is 11.8 Å². The zero-order valence-corrected chi connectivity index (χ0v) is 11.6. The molecule has 1 N–H and O–H groups in total. The number of piperidine rings is 1. The van der Waals surface area contributed by atoms with Crippen LogP contribution in [-0.2, 0) is 0 Å². The molecule has 16 heavy (non-hydrogen) atoms. The summed E-state index contributed by atoms with van der Waals surface area (Å²) in [6.45, 7) is 8.53. The van der Waals surface area contributed by atoms with E-state index >= 15 is 0 Å². The van der Waals surface area contributed by atoms with E-state index in [0.29, 0.717) is 0 Å². The van der Waals surface area contributed by atoms with Gasteiger partial charge < -0.3 is 10.2 Å². The van der Waals surface area contributed by atoms with Gasteiger partial charge in [0, 0.05) is 24.4 Å². The topological polar surface area (TPSA) is 15.3 Å². The highest BCUT2D eigenvalue weighted by Gasteiger charge is 2.23. The zero-order valence-electron chi connectivity index (χ0n) is 10.7. The molecule has 0 saturated carbocycles. The summed E-state index contributed by atoms with van der Waals surface area (Å²) in [5, 5.41) is 3.84. The summed E-state index contributed by atoms with van der Waals surface area (Å²) >= 11 is 2.11. The van der Waals surface area contributed by atoms with Gasteiger partial charge in [0.05, 0.1) is 0 Å². The Hall–Kier alpha value is 0.270. The first-order chi connectivity index (χ1) is 7.74. The van der Waals surface area contributed by atoms with Crippen LogP contribution in [0.1, 0.15) is 33.1 Å². The lowest BCUT2D eigenvalue weighted by atomic mass is 10.0. The normalized spacial score (nSPS) is 29.1. The lowest BCUT2D eigenvalue weighted by Crippen LogP contribution is -2.46. The van der Waals surface area contributed by atoms with Crippen molar-refractivity contribution < 1.29 is 0 Å². The maximum atomic E-state index is 3.84. The van der Waals surface area contributed by atoms with Crippen LogP contribution in [0, 0.1) is 5.92 Å². The summed E-state index contributed by atoms with van der Waals surface area (Å²) in [4.78, 5) is 2.63. The molecule has 2 aliphatic rings. The molecule has 0 aromatic heterocycles. The summed E-state index contributed by atoms with van der Waals surface area (Å²) in [6.07, 6.45) is 4.10. The van der Waals surface area contributed by atoms with Crippen molar-refractivity contribution in [1.29, 1.82) is 0 Å². The maximum absolute atomic E-state index is 3.84. The molecule has 0 aliphatic carbocycles. The molecular weight excluding hydrogens is 216 g/mol. The van der Waals surface area contributed by atoms with Crippen LogP contribution in [-0.4, -0.2) is 48.1 Å². The highest BCUT2D eigenvalue weighted by atomic mass is 32.2. The van der Waals surface area contributed by atoms with Gasteiger partial charge >= 0.3 is 0 Å². The Labute approximate surface area is 105 Å². The fraction of sp³-hybridized carbons (Fsp3) is 1.00. The number of hydrogen-bond acceptors (Lipinski definition) is 3. The summed E-state index contributed by atoms with van der Waals surface area (Å²) in [6, 6.07) is 1.61. The van der Waals surface area contributed by atoms with Gasteiger partial charge in [-0.25, -0.2) is 0 Å². The van der Waals surface area contributed by atoms with Gasteiger partial charge in [-0.05, 0) is 44.0 Å². The fourth-order valence-corrected chi connectivity index (χ4v) is 3.96. The third-order valence-corrected chi connectivity index (χ3v) is 4.77. The first-order valence-electron chi connectivity index (χ1n) is 6.80. The molecule has 2 aliphatic heterocycles. The number of rotatable bonds is 4. The summed E-state index contributed by atoms with van der Waals surface area (Å²) in [7, 11) is 0. The van der Waals surface area contributed by atoms with E-state index in [1.807, 2.05) is 0 Å². The summed E-state index contributed by atoms with van der Waals surface area (Å²) in [5.41, 5.74) is 0. The highest BCUT2D eigenvalue weighted by Crippen LogP contribution is 2.20. The largest absolute Gasteiger partial charge is 0.310 e. The molecule has 0 radical (unpaired) electrons. The SMILES string of the molecule is CC(C)CN1CCC(NC2CCSC2)CC1. The number of hydrogen-bond donors (Lipinski definition) is 1. The van der Waals surface area contributed by atoms with Crippen LogP contribution in [0.25, 0.3) is 0 Å². The molecule has 3 heteroatoms. The lowest BCUT2D eigenvalue weighted by molar-refractivity contribution is 0.176. The van der Waals surface area contributed by atoms with Crippen molar-refractivity contribution in [3.8, 4) is 0 Å². The van der Waals surface area contributed by atoms with E-state index in [-0.39, 0.29) is 0 Å². The number of nitrogens with zero attached hydrogens (tertiary/aromatic N) is 1. The molecule has 0 aromatic carbocycles. The third-order valence-electron chi connectivity index (χ3n) is 3.61. The van der Waals surface area contributed by atoms with Gasteiger partial charge in [0.1, 0.15) is 0 Å². The van der Waals surface area contributed by atoms with Crippen molar-refractivity contribution in [3.05, 3.63) is 0 Å². The monoisotopic (exact) mass is 242 g/mol. The predicted molar refractivity (Wildman–Crippen MR) is 73.2 cm³/mol. The second kappa shape index (κ2) is 6.27. The van der Waals surface area contributed by atoms with Gasteiger partial charge in [-0.1, -0.05) is 13.8 Å². The Morgan fingerprint density at radius 3 is 2.50 bits per heavy atom. The van der Waals surface area contributed by atoms with Crippen LogP contribution in [0.2, 0.25) is 0 Å². The second-order valence-electron chi connectivity index (χ2n) is 5.70. The Morgan fingerprint density at radius 1 is 1.19 bits per heavy atom. The molecular formula is C13H26N2S. The van der Waals surface area contributed by atoms with Crippen LogP contribution in [0.15, 0.2) is 0 Å². The van der Waals surface area contributed by atoms with E-state index in [1.54, 1.807) is 0 Å². The molecule has 1 unspecified atom stereocenters. The van der Waals surface area contributed by atoms with Gasteiger partial charge in [-0.15, -0.1) is 0 Å². The highest BCUT2D eigenvalue weighted by molar-refractivity contribution is 7.99. The average molecular weight is 242 g/mol. The molecule has 2 fully saturated rings. The number of nitrogens with one attached hydrogen (secondary N) is 1. The Morgan fingerprint density at radius 2 is 1.94 bits per heavy atom. The predicted octanol–water partition coefficient (Wildman–Crippen LogP) is 2.20. The van der Waals surface area contributed by atoms with Crippen LogP contribution in [0.3, 0.4) is 0 Å². The Bertz CT molecular complexity index is 194. The minimum absolute atomic E-state index is 0.798. The molecule has 2 rings (SSSR count). The van der Waals surface area contributed by atoms with E-state index in [2.05, 4.69) is 35.8 Å². The molecule has 0 spiro atoms. The lowest BCUT2D eigenvalue weighted by Gasteiger charge is -2.34. The van der Waals surface area contributed by atoms with Gasteiger partial charge in [0.15, 0.2) is 0 Å². The van der Waals surface area contributed by atoms with Crippen molar-refractivity contribution in [1.82, 2.24) is 10.2 Å². The Kier molecular flexibility index (Phi) is 4.98. The maximum Gasteiger partial charge on any atom is 0.0168 e. The van der Waals surface area contributed by atoms with E-state index < -0.39 is 0 Å². The Balaban J connectivity index is 1.64. The third kappa shape index (κ3) is 3.94. The van der Waals surface area contributed by atoms with E-state index in [9.17, 15) is 0 Å². The van der Waals surface area contributed by atoms with Gasteiger partial charge in [0.25, 0.3) is 0 Å². The fourth-order valence-electron chi connectivity index (χ4n) is 2.80. The van der Waals surface area contributed by atoms with E-state index in [0.717, 1.165) is 18.0 Å². The van der Waals surface area contributed by atoms with Crippen LogP contribution < -0.4 is 5.32 Å². The quantitative estimate of drug-likeness (QED) is 0.814. The standard InChI is InChI=1S/C13H26N2S/c1-11(2)9-15-6-3-12(4-7-15)14-13-5-8-16-10-13/h11-14H,3-10H2,1-2H3. The molecule has 2 nitrogen and oxygen atoms in total. The first-order valence-corrected chi connectivity index (χ1v) is 7.95. The van der Waals surface area contributed by atoms with Crippen LogP contribution in [0.4, 0.5) is 0 Å². The minimum atomic E-state index is 0.798. The number of likely N-dealkylation sites (tertiary alicyclic amines) is 1. The molecule has 0 aromatic rings. The van der Waals surface area contributed by atoms with Gasteiger partial charge in [-0.2, -0.15) is 11.8 Å². The summed E-state index contributed by atoms with van der Waals surface area (Å²) in [5.74, 6) is 3.52. The molecule has 2 heterocycles. The van der Waals surface area contributed by atoms with Gasteiger partial charge in [0.2, 0.25) is 0 Å². The van der Waals surface area contributed by atoms with Crippen molar-refractivity contribution in [2.24, 2.45) is 5.92 Å². The van der Waals surface area contributed by atoms with Crippen molar-refractivity contribution in [2.45, 2.75) is 45.2 Å². The van der Waals surface area contributed by atoms with E-state index in [1.165, 1.54) is 50.4 Å². The average Bonchev–Trinajstić information content (AvgIpc) is 2.73. The van der Waals surface area contributed by atoms with Crippen molar-refractivity contribution in [3.63, 3.8) is 0 Å². The smallest absolute Gasteiger partial charge is 0.0168 e. The molecule has 0 bridgehead atoms. The number of thioether (sulfide) groups is 1. The summed E-state index contributed by atoms with van der Waals surface area (Å²) < 4.78 is 0. The van der Waals surface area contributed by atoms with E-state index in [4.69, 9.17) is 0 Å². The molecule has 1 atom stereocenters. The van der Waals surface area contributed by atoms with Gasteiger partial charge in [-0.3, -0.25) is 0 Å². The molecule has 94 valence electrons. The zero-order chi connectivity index (χ0) is 11.4. The molecule has 2 saturated heterocycles. The minimum Gasteiger partial charge on any atom is -0.310 e. The van der Waals surface area contributed by atoms with Crippen LogP contribution in [0.5, 0.6) is 0 Å². The van der Waals surface area contributed by atoms with Crippen molar-refractivity contribution in [2.75, 3.05) is 31.1 Å². The van der Waals surface area contributed by atoms with Crippen LogP contribution >= 0.6 is 11.8 Å². The second-order valence-corrected chi connectivity index (χ2v) is 6.85. The first kappa shape index (κ1) is 12.7. The molecule has 0 amide bonds.